The van der Waals surface area contributed by atoms with Gasteiger partial charge >= 0.3 is 12.0 Å². The van der Waals surface area contributed by atoms with E-state index < -0.39 is 5.97 Å². The summed E-state index contributed by atoms with van der Waals surface area (Å²) in [6.45, 7) is 2.33. The van der Waals surface area contributed by atoms with Gasteiger partial charge in [0, 0.05) is 26.1 Å². The number of rotatable bonds is 7. The van der Waals surface area contributed by atoms with Gasteiger partial charge in [-0.25, -0.2) is 4.79 Å². The van der Waals surface area contributed by atoms with E-state index in [-0.39, 0.29) is 12.5 Å². The van der Waals surface area contributed by atoms with Crippen molar-refractivity contribution < 1.29 is 14.7 Å². The lowest BCUT2D eigenvalue weighted by molar-refractivity contribution is -0.137. The van der Waals surface area contributed by atoms with Gasteiger partial charge in [0.25, 0.3) is 0 Å². The number of carboxylic acid groups (broad SMARTS) is 1. The molecule has 2 saturated carbocycles. The lowest BCUT2D eigenvalue weighted by Gasteiger charge is -2.21. The molecule has 3 rings (SSSR count). The molecule has 118 valence electrons. The van der Waals surface area contributed by atoms with Crippen molar-refractivity contribution in [3.8, 4) is 0 Å². The summed E-state index contributed by atoms with van der Waals surface area (Å²) in [6.07, 6.45) is 7.22. The van der Waals surface area contributed by atoms with Crippen LogP contribution < -0.4 is 5.32 Å². The van der Waals surface area contributed by atoms with Gasteiger partial charge in [-0.2, -0.15) is 0 Å². The number of aliphatic carboxylic acids is 1. The Morgan fingerprint density at radius 1 is 1.14 bits per heavy atom. The monoisotopic (exact) mass is 294 g/mol. The van der Waals surface area contributed by atoms with Gasteiger partial charge < -0.3 is 15.3 Å². The summed E-state index contributed by atoms with van der Waals surface area (Å²) in [7, 11) is 0. The second-order valence-electron chi connectivity index (χ2n) is 7.06. The van der Waals surface area contributed by atoms with E-state index in [1.807, 2.05) is 4.90 Å². The Balaban J connectivity index is 1.38. The maximum Gasteiger partial charge on any atom is 0.317 e. The van der Waals surface area contributed by atoms with Crippen LogP contribution in [0.15, 0.2) is 0 Å². The van der Waals surface area contributed by atoms with Crippen LogP contribution in [-0.4, -0.2) is 41.6 Å². The summed E-state index contributed by atoms with van der Waals surface area (Å²) in [5.41, 5.74) is 0. The van der Waals surface area contributed by atoms with Crippen molar-refractivity contribution in [1.82, 2.24) is 10.2 Å². The van der Waals surface area contributed by atoms with Crippen molar-refractivity contribution >= 4 is 12.0 Å². The standard InChI is InChI=1S/C16H26N2O3/c19-15(20)6-1-11-7-8-18(10-11)16(21)17-9-14(12-2-3-12)13-4-5-13/h11-14H,1-10H2,(H,17,21)(H,19,20). The van der Waals surface area contributed by atoms with Crippen LogP contribution in [0.2, 0.25) is 0 Å². The van der Waals surface area contributed by atoms with Crippen LogP contribution in [0.5, 0.6) is 0 Å². The molecule has 1 unspecified atom stereocenters. The van der Waals surface area contributed by atoms with Gasteiger partial charge in [0.05, 0.1) is 0 Å². The fraction of sp³-hybridized carbons (Fsp3) is 0.875. The summed E-state index contributed by atoms with van der Waals surface area (Å²) in [5.74, 6) is 2.04. The number of carbonyl (C=O) groups is 2. The van der Waals surface area contributed by atoms with E-state index in [9.17, 15) is 9.59 Å². The molecule has 1 heterocycles. The molecule has 2 N–H and O–H groups in total. The summed E-state index contributed by atoms with van der Waals surface area (Å²) >= 11 is 0. The molecular weight excluding hydrogens is 268 g/mol. The molecule has 0 bridgehead atoms. The molecule has 3 aliphatic rings. The third-order valence-electron chi connectivity index (χ3n) is 5.28. The zero-order chi connectivity index (χ0) is 14.8. The van der Waals surface area contributed by atoms with Crippen molar-refractivity contribution in [3.05, 3.63) is 0 Å². The number of hydrogen-bond donors (Lipinski definition) is 2. The molecule has 21 heavy (non-hydrogen) atoms. The van der Waals surface area contributed by atoms with Crippen LogP contribution in [-0.2, 0) is 4.79 Å². The average Bonchev–Trinajstić information content (AvgIpc) is 3.37. The lowest BCUT2D eigenvalue weighted by Crippen LogP contribution is -2.41. The van der Waals surface area contributed by atoms with Crippen molar-refractivity contribution in [2.45, 2.75) is 44.9 Å². The number of nitrogens with one attached hydrogen (secondary N) is 1. The van der Waals surface area contributed by atoms with Gasteiger partial charge in [0.15, 0.2) is 0 Å². The Bertz CT molecular complexity index is 392. The summed E-state index contributed by atoms with van der Waals surface area (Å²) in [5, 5.41) is 11.8. The fourth-order valence-electron chi connectivity index (χ4n) is 3.66. The minimum absolute atomic E-state index is 0.0547. The highest BCUT2D eigenvalue weighted by atomic mass is 16.4. The largest absolute Gasteiger partial charge is 0.481 e. The van der Waals surface area contributed by atoms with E-state index in [0.717, 1.165) is 37.9 Å². The molecule has 5 heteroatoms. The third kappa shape index (κ3) is 4.11. The highest BCUT2D eigenvalue weighted by Crippen LogP contribution is 2.48. The first-order valence-corrected chi connectivity index (χ1v) is 8.38. The molecule has 1 saturated heterocycles. The van der Waals surface area contributed by atoms with Crippen LogP contribution in [0.1, 0.15) is 44.9 Å². The predicted molar refractivity (Wildman–Crippen MR) is 78.9 cm³/mol. The predicted octanol–water partition coefficient (Wildman–Crippen LogP) is 2.32. The summed E-state index contributed by atoms with van der Waals surface area (Å²) < 4.78 is 0. The molecule has 2 amide bonds. The van der Waals surface area contributed by atoms with E-state index >= 15 is 0 Å². The Kier molecular flexibility index (Phi) is 4.36. The number of nitrogens with zero attached hydrogens (tertiary/aromatic N) is 1. The van der Waals surface area contributed by atoms with E-state index in [1.54, 1.807) is 0 Å². The highest BCUT2D eigenvalue weighted by Gasteiger charge is 2.41. The van der Waals surface area contributed by atoms with E-state index in [2.05, 4.69) is 5.32 Å². The molecule has 0 aromatic rings. The first kappa shape index (κ1) is 14.7. The quantitative estimate of drug-likeness (QED) is 0.757. The zero-order valence-corrected chi connectivity index (χ0v) is 12.6. The molecule has 0 aromatic heterocycles. The number of carboxylic acids is 1. The Labute approximate surface area is 126 Å². The van der Waals surface area contributed by atoms with E-state index in [4.69, 9.17) is 5.11 Å². The molecule has 5 nitrogen and oxygen atoms in total. The van der Waals surface area contributed by atoms with Gasteiger partial charge in [-0.05, 0) is 62.2 Å². The number of amides is 2. The van der Waals surface area contributed by atoms with Crippen LogP contribution in [0.4, 0.5) is 4.79 Å². The second-order valence-corrected chi connectivity index (χ2v) is 7.06. The normalized spacial score (nSPS) is 25.4. The summed E-state index contributed by atoms with van der Waals surface area (Å²) in [4.78, 5) is 24.7. The first-order chi connectivity index (χ1) is 10.1. The number of urea groups is 1. The van der Waals surface area contributed by atoms with Crippen molar-refractivity contribution in [2.75, 3.05) is 19.6 Å². The van der Waals surface area contributed by atoms with E-state index in [0.29, 0.717) is 18.3 Å². The molecule has 3 fully saturated rings. The molecule has 0 spiro atoms. The third-order valence-corrected chi connectivity index (χ3v) is 5.28. The first-order valence-electron chi connectivity index (χ1n) is 8.38. The van der Waals surface area contributed by atoms with Crippen LogP contribution in [0, 0.1) is 23.7 Å². The average molecular weight is 294 g/mol. The number of likely N-dealkylation sites (tertiary alicyclic amines) is 1. The minimum atomic E-state index is -0.741. The van der Waals surface area contributed by atoms with Gasteiger partial charge in [-0.1, -0.05) is 0 Å². The van der Waals surface area contributed by atoms with Crippen molar-refractivity contribution in [2.24, 2.45) is 23.7 Å². The maximum atomic E-state index is 12.2. The van der Waals surface area contributed by atoms with Gasteiger partial charge in [-0.15, -0.1) is 0 Å². The SMILES string of the molecule is O=C(O)CCC1CCN(C(=O)NCC(C2CC2)C2CC2)C1. The van der Waals surface area contributed by atoms with Crippen molar-refractivity contribution in [3.63, 3.8) is 0 Å². The van der Waals surface area contributed by atoms with E-state index in [1.165, 1.54) is 25.7 Å². The highest BCUT2D eigenvalue weighted by molar-refractivity contribution is 5.74. The van der Waals surface area contributed by atoms with Gasteiger partial charge in [-0.3, -0.25) is 4.79 Å². The Morgan fingerprint density at radius 2 is 1.81 bits per heavy atom. The van der Waals surface area contributed by atoms with Crippen LogP contribution in [0.3, 0.4) is 0 Å². The van der Waals surface area contributed by atoms with Gasteiger partial charge in [0.1, 0.15) is 0 Å². The molecule has 1 atom stereocenters. The zero-order valence-electron chi connectivity index (χ0n) is 12.6. The number of carbonyl (C=O) groups excluding carboxylic acids is 1. The molecule has 1 aliphatic heterocycles. The second kappa shape index (κ2) is 6.24. The molecular formula is C16H26N2O3. The van der Waals surface area contributed by atoms with Crippen LogP contribution in [0.25, 0.3) is 0 Å². The topological polar surface area (TPSA) is 69.6 Å². The Morgan fingerprint density at radius 3 is 2.38 bits per heavy atom. The van der Waals surface area contributed by atoms with Crippen LogP contribution >= 0.6 is 0 Å². The lowest BCUT2D eigenvalue weighted by atomic mass is 9.98. The minimum Gasteiger partial charge on any atom is -0.481 e. The molecule has 2 aliphatic carbocycles. The fourth-order valence-corrected chi connectivity index (χ4v) is 3.66. The maximum absolute atomic E-state index is 12.2. The molecule has 0 aromatic carbocycles. The molecule has 0 radical (unpaired) electrons. The van der Waals surface area contributed by atoms with Gasteiger partial charge in [0.2, 0.25) is 0 Å². The number of hydrogen-bond acceptors (Lipinski definition) is 2. The Hall–Kier alpha value is -1.26. The van der Waals surface area contributed by atoms with Crippen molar-refractivity contribution in [1.29, 1.82) is 0 Å². The summed E-state index contributed by atoms with van der Waals surface area (Å²) in [6, 6.07) is 0.0547. The smallest absolute Gasteiger partial charge is 0.317 e.